The molecule has 0 aliphatic rings. The zero-order valence-corrected chi connectivity index (χ0v) is 21.4. The molecule has 0 saturated carbocycles. The monoisotopic (exact) mass is 506 g/mol. The molecule has 0 aliphatic carbocycles. The first-order valence-corrected chi connectivity index (χ1v) is 13.3. The molecule has 0 aliphatic heterocycles. The molecule has 0 N–H and O–H groups in total. The molecule has 0 fully saturated rings. The summed E-state index contributed by atoms with van der Waals surface area (Å²) in [5.74, 6) is -0.245. The van der Waals surface area contributed by atoms with Crippen molar-refractivity contribution in [1.29, 1.82) is 0 Å². The smallest absolute Gasteiger partial charge is 0.206 e. The number of hydrogen-bond donors (Lipinski definition) is 0. The van der Waals surface area contributed by atoms with Crippen molar-refractivity contribution in [2.75, 3.05) is 0 Å². The van der Waals surface area contributed by atoms with E-state index in [1.165, 1.54) is 54.5 Å². The molecule has 0 saturated heterocycles. The second-order valence-corrected chi connectivity index (χ2v) is 9.92. The average Bonchev–Trinajstić information content (AvgIpc) is 2.90. The van der Waals surface area contributed by atoms with E-state index in [2.05, 4.69) is 37.3 Å². The first-order valence-electron chi connectivity index (χ1n) is 13.3. The van der Waals surface area contributed by atoms with Crippen LogP contribution in [0.1, 0.15) is 66.0 Å². The van der Waals surface area contributed by atoms with Crippen LogP contribution in [0.3, 0.4) is 0 Å². The van der Waals surface area contributed by atoms with Crippen molar-refractivity contribution in [2.24, 2.45) is 0 Å². The Morgan fingerprint density at radius 2 is 1.14 bits per heavy atom. The second kappa shape index (κ2) is 12.4. The van der Waals surface area contributed by atoms with Crippen LogP contribution in [-0.2, 0) is 38.3 Å². The zero-order chi connectivity index (χ0) is 26.3. The van der Waals surface area contributed by atoms with E-state index in [0.717, 1.165) is 42.3 Å². The Bertz CT molecular complexity index is 1290. The molecule has 0 unspecified atom stereocenters. The standard InChI is InChI=1S/C33H34F4/c1-2-3-4-5-6-24-7-9-25(10-8-24)11-12-27-16-22-31-29(23-27)19-18-28(32(31)34)17-13-26-14-20-30(21-15-26)33(35,36)37/h7-10,14-16,18-23H,2-6,11-13,17H2,1H3. The predicted octanol–water partition coefficient (Wildman–Crippen LogP) is 9.69. The Balaban J connectivity index is 1.34. The van der Waals surface area contributed by atoms with Gasteiger partial charge in [0.2, 0.25) is 0 Å². The number of rotatable bonds is 11. The van der Waals surface area contributed by atoms with E-state index in [4.69, 9.17) is 0 Å². The summed E-state index contributed by atoms with van der Waals surface area (Å²) in [7, 11) is 0. The molecule has 4 heteroatoms. The van der Waals surface area contributed by atoms with Gasteiger partial charge >= 0.3 is 6.18 Å². The van der Waals surface area contributed by atoms with Crippen LogP contribution in [0.4, 0.5) is 17.6 Å². The van der Waals surface area contributed by atoms with Gasteiger partial charge in [-0.05, 0) is 83.9 Å². The molecule has 0 aromatic heterocycles. The number of unbranched alkanes of at least 4 members (excludes halogenated alkanes) is 3. The van der Waals surface area contributed by atoms with E-state index >= 15 is 4.39 Å². The third kappa shape index (κ3) is 7.44. The maximum Gasteiger partial charge on any atom is 0.416 e. The summed E-state index contributed by atoms with van der Waals surface area (Å²) in [6, 6.07) is 23.7. The van der Waals surface area contributed by atoms with E-state index in [-0.39, 0.29) is 5.82 Å². The minimum Gasteiger partial charge on any atom is -0.206 e. The van der Waals surface area contributed by atoms with Crippen molar-refractivity contribution in [3.63, 3.8) is 0 Å². The van der Waals surface area contributed by atoms with Crippen molar-refractivity contribution in [2.45, 2.75) is 70.9 Å². The molecule has 0 nitrogen and oxygen atoms in total. The van der Waals surface area contributed by atoms with Crippen molar-refractivity contribution in [3.05, 3.63) is 118 Å². The topological polar surface area (TPSA) is 0 Å². The van der Waals surface area contributed by atoms with Gasteiger partial charge in [-0.2, -0.15) is 13.2 Å². The summed E-state index contributed by atoms with van der Waals surface area (Å²) in [5.41, 5.74) is 4.55. The molecule has 0 spiro atoms. The third-order valence-corrected chi connectivity index (χ3v) is 7.11. The van der Waals surface area contributed by atoms with Gasteiger partial charge in [0.15, 0.2) is 0 Å². The summed E-state index contributed by atoms with van der Waals surface area (Å²) in [6.45, 7) is 2.23. The van der Waals surface area contributed by atoms with Gasteiger partial charge in [0.05, 0.1) is 5.56 Å². The Labute approximate surface area is 217 Å². The average molecular weight is 507 g/mol. The molecule has 4 aromatic rings. The van der Waals surface area contributed by atoms with Gasteiger partial charge in [-0.15, -0.1) is 0 Å². The number of aryl methyl sites for hydroxylation is 5. The molecular weight excluding hydrogens is 472 g/mol. The van der Waals surface area contributed by atoms with Crippen LogP contribution >= 0.6 is 0 Å². The highest BCUT2D eigenvalue weighted by Gasteiger charge is 2.29. The lowest BCUT2D eigenvalue weighted by atomic mass is 9.97. The van der Waals surface area contributed by atoms with Gasteiger partial charge in [0.1, 0.15) is 5.82 Å². The van der Waals surface area contributed by atoms with Crippen molar-refractivity contribution < 1.29 is 17.6 Å². The molecule has 0 bridgehead atoms. The molecule has 0 amide bonds. The first-order chi connectivity index (χ1) is 17.8. The first kappa shape index (κ1) is 26.9. The van der Waals surface area contributed by atoms with Gasteiger partial charge in [0, 0.05) is 5.39 Å². The predicted molar refractivity (Wildman–Crippen MR) is 144 cm³/mol. The minimum absolute atomic E-state index is 0.245. The summed E-state index contributed by atoms with van der Waals surface area (Å²) >= 11 is 0. The lowest BCUT2D eigenvalue weighted by Crippen LogP contribution is -2.04. The lowest BCUT2D eigenvalue weighted by Gasteiger charge is -2.10. The Kier molecular flexibility index (Phi) is 9.02. The lowest BCUT2D eigenvalue weighted by molar-refractivity contribution is -0.137. The van der Waals surface area contributed by atoms with E-state index in [1.54, 1.807) is 6.07 Å². The molecule has 37 heavy (non-hydrogen) atoms. The Hall–Kier alpha value is -3.14. The molecule has 194 valence electrons. The van der Waals surface area contributed by atoms with Crippen LogP contribution < -0.4 is 0 Å². The van der Waals surface area contributed by atoms with E-state index < -0.39 is 11.7 Å². The van der Waals surface area contributed by atoms with E-state index in [9.17, 15) is 13.2 Å². The SMILES string of the molecule is CCCCCCc1ccc(CCc2ccc3c(F)c(CCc4ccc(C(F)(F)F)cc4)ccc3c2)cc1. The molecule has 0 atom stereocenters. The number of benzene rings is 4. The zero-order valence-electron chi connectivity index (χ0n) is 21.4. The molecule has 4 aromatic carbocycles. The van der Waals surface area contributed by atoms with Crippen molar-refractivity contribution in [3.8, 4) is 0 Å². The molecule has 4 rings (SSSR count). The van der Waals surface area contributed by atoms with Crippen LogP contribution in [0.5, 0.6) is 0 Å². The number of fused-ring (bicyclic) bond motifs is 1. The van der Waals surface area contributed by atoms with Crippen LogP contribution in [0.25, 0.3) is 10.8 Å². The van der Waals surface area contributed by atoms with Gasteiger partial charge in [-0.1, -0.05) is 92.9 Å². The maximum atomic E-state index is 15.2. The van der Waals surface area contributed by atoms with Crippen LogP contribution in [0.2, 0.25) is 0 Å². The fourth-order valence-corrected chi connectivity index (χ4v) is 4.79. The maximum absolute atomic E-state index is 15.2. The van der Waals surface area contributed by atoms with Crippen molar-refractivity contribution >= 4 is 10.8 Å². The number of alkyl halides is 3. The molecular formula is C33H34F4. The van der Waals surface area contributed by atoms with E-state index in [1.807, 2.05) is 18.2 Å². The third-order valence-electron chi connectivity index (χ3n) is 7.11. The summed E-state index contributed by atoms with van der Waals surface area (Å²) < 4.78 is 53.5. The number of hydrogen-bond acceptors (Lipinski definition) is 0. The Morgan fingerprint density at radius 3 is 1.78 bits per heavy atom. The molecule has 0 heterocycles. The fourth-order valence-electron chi connectivity index (χ4n) is 4.79. The summed E-state index contributed by atoms with van der Waals surface area (Å²) in [4.78, 5) is 0. The number of halogens is 4. The van der Waals surface area contributed by atoms with Gasteiger partial charge in [-0.25, -0.2) is 4.39 Å². The van der Waals surface area contributed by atoms with Gasteiger partial charge in [-0.3, -0.25) is 0 Å². The highest BCUT2D eigenvalue weighted by atomic mass is 19.4. The van der Waals surface area contributed by atoms with Crippen LogP contribution in [0, 0.1) is 5.82 Å². The van der Waals surface area contributed by atoms with Crippen LogP contribution in [0.15, 0.2) is 78.9 Å². The van der Waals surface area contributed by atoms with E-state index in [0.29, 0.717) is 23.8 Å². The van der Waals surface area contributed by atoms with Crippen molar-refractivity contribution in [1.82, 2.24) is 0 Å². The summed E-state index contributed by atoms with van der Waals surface area (Å²) in [5, 5.41) is 1.46. The highest BCUT2D eigenvalue weighted by Crippen LogP contribution is 2.29. The summed E-state index contributed by atoms with van der Waals surface area (Å²) in [6.07, 6.45) is 4.64. The van der Waals surface area contributed by atoms with Gasteiger partial charge in [0.25, 0.3) is 0 Å². The Morgan fingerprint density at radius 1 is 0.568 bits per heavy atom. The second-order valence-electron chi connectivity index (χ2n) is 9.92. The van der Waals surface area contributed by atoms with Gasteiger partial charge < -0.3 is 0 Å². The normalized spacial score (nSPS) is 11.8. The largest absolute Gasteiger partial charge is 0.416 e. The van der Waals surface area contributed by atoms with Crippen LogP contribution in [-0.4, -0.2) is 0 Å². The quantitative estimate of drug-likeness (QED) is 0.140. The minimum atomic E-state index is -4.35. The molecule has 0 radical (unpaired) electrons. The highest BCUT2D eigenvalue weighted by molar-refractivity contribution is 5.84. The fraction of sp³-hybridized carbons (Fsp3) is 0.333.